The highest BCUT2D eigenvalue weighted by molar-refractivity contribution is 7.89. The Labute approximate surface area is 201 Å². The van der Waals surface area contributed by atoms with Crippen LogP contribution < -0.4 is 15.5 Å². The van der Waals surface area contributed by atoms with Crippen molar-refractivity contribution in [2.45, 2.75) is 17.5 Å². The maximum Gasteiger partial charge on any atom is 0.414 e. The highest BCUT2D eigenvalue weighted by Gasteiger charge is 2.34. The van der Waals surface area contributed by atoms with Crippen LogP contribution in [-0.4, -0.2) is 72.6 Å². The Morgan fingerprint density at radius 3 is 2.60 bits per heavy atom. The lowest BCUT2D eigenvalue weighted by Gasteiger charge is -2.35. The molecule has 13 heteroatoms. The van der Waals surface area contributed by atoms with Gasteiger partial charge in [0.25, 0.3) is 0 Å². The van der Waals surface area contributed by atoms with Crippen LogP contribution in [0.3, 0.4) is 0 Å². The molecule has 1 atom stereocenters. The minimum absolute atomic E-state index is 0.140. The minimum Gasteiger partial charge on any atom is -0.442 e. The summed E-state index contributed by atoms with van der Waals surface area (Å²) in [6, 6.07) is 10.7. The van der Waals surface area contributed by atoms with Gasteiger partial charge >= 0.3 is 6.09 Å². The highest BCUT2D eigenvalue weighted by atomic mass is 32.2. The molecule has 2 aromatic carbocycles. The van der Waals surface area contributed by atoms with Crippen molar-refractivity contribution in [3.05, 3.63) is 60.7 Å². The van der Waals surface area contributed by atoms with E-state index in [2.05, 4.69) is 10.3 Å². The van der Waals surface area contributed by atoms with Crippen LogP contribution in [-0.2, 0) is 21.3 Å². The van der Waals surface area contributed by atoms with Crippen LogP contribution in [0.2, 0.25) is 0 Å². The van der Waals surface area contributed by atoms with Gasteiger partial charge in [0, 0.05) is 38.1 Å². The van der Waals surface area contributed by atoms with E-state index >= 15 is 4.39 Å². The third kappa shape index (κ3) is 4.64. The van der Waals surface area contributed by atoms with E-state index in [-0.39, 0.29) is 24.5 Å². The summed E-state index contributed by atoms with van der Waals surface area (Å²) in [6.45, 7) is 1.68. The third-order valence-electron chi connectivity index (χ3n) is 6.05. The van der Waals surface area contributed by atoms with Crippen LogP contribution in [0.5, 0.6) is 0 Å². The summed E-state index contributed by atoms with van der Waals surface area (Å²) >= 11 is 0. The van der Waals surface area contributed by atoms with Crippen LogP contribution >= 0.6 is 0 Å². The number of halogens is 1. The first kappa shape index (κ1) is 23.1. The normalized spacial score (nSPS) is 19.2. The predicted octanol–water partition coefficient (Wildman–Crippen LogP) is 1.54. The molecule has 3 heterocycles. The molecule has 2 aliphatic heterocycles. The van der Waals surface area contributed by atoms with Gasteiger partial charge in [-0.1, -0.05) is 11.3 Å². The molecule has 0 radical (unpaired) electrons. The molecule has 2 saturated heterocycles. The number of benzene rings is 2. The quantitative estimate of drug-likeness (QED) is 0.504. The zero-order valence-electron chi connectivity index (χ0n) is 18.7. The fraction of sp³-hybridized carbons (Fsp3) is 0.318. The summed E-state index contributed by atoms with van der Waals surface area (Å²) in [5.74, 6) is -0.498. The number of rotatable bonds is 6. The Morgan fingerprint density at radius 1 is 1.11 bits per heavy atom. The molecule has 35 heavy (non-hydrogen) atoms. The fourth-order valence-corrected chi connectivity index (χ4v) is 5.76. The third-order valence-corrected chi connectivity index (χ3v) is 7.95. The SMILES string of the molecule is Nc1cccc(S(=O)(=O)N2CCN(c3ccc(N4C[C@H](Cn5ccnn5)OC4=O)cc3F)CC2)c1. The topological polar surface area (TPSA) is 127 Å². The number of anilines is 3. The molecule has 0 bridgehead atoms. The van der Waals surface area contributed by atoms with Gasteiger partial charge in [0.15, 0.2) is 0 Å². The number of amides is 1. The maximum atomic E-state index is 15.1. The number of carbonyl (C=O) groups excluding carboxylic acids is 1. The van der Waals surface area contributed by atoms with Gasteiger partial charge in [-0.3, -0.25) is 4.90 Å². The van der Waals surface area contributed by atoms with Crippen molar-refractivity contribution < 1.29 is 22.3 Å². The first-order chi connectivity index (χ1) is 16.8. The standard InChI is InChI=1S/C22H24FN7O4S/c23-20-13-17(30-15-18(34-22(30)31)14-28-7-6-25-26-28)4-5-21(20)27-8-10-29(11-9-27)35(32,33)19-3-1-2-16(24)12-19/h1-7,12-13,18H,8-11,14-15,24H2/t18-/m0/s1. The summed E-state index contributed by atoms with van der Waals surface area (Å²) in [5, 5.41) is 7.59. The van der Waals surface area contributed by atoms with Gasteiger partial charge in [0.1, 0.15) is 11.9 Å². The first-order valence-corrected chi connectivity index (χ1v) is 12.5. The number of ether oxygens (including phenoxy) is 1. The molecule has 5 rings (SSSR count). The fourth-order valence-electron chi connectivity index (χ4n) is 4.28. The van der Waals surface area contributed by atoms with Gasteiger partial charge in [-0.05, 0) is 36.4 Å². The molecule has 2 N–H and O–H groups in total. The predicted molar refractivity (Wildman–Crippen MR) is 126 cm³/mol. The molecule has 0 saturated carbocycles. The Balaban J connectivity index is 1.24. The molecule has 2 fully saturated rings. The Bertz CT molecular complexity index is 1330. The van der Waals surface area contributed by atoms with Crippen molar-refractivity contribution in [2.24, 2.45) is 0 Å². The molecule has 0 unspecified atom stereocenters. The van der Waals surface area contributed by atoms with Gasteiger partial charge in [-0.2, -0.15) is 4.31 Å². The van der Waals surface area contributed by atoms with Crippen LogP contribution in [0.1, 0.15) is 0 Å². The van der Waals surface area contributed by atoms with Crippen LogP contribution in [0, 0.1) is 5.82 Å². The summed E-state index contributed by atoms with van der Waals surface area (Å²) < 4.78 is 49.2. The number of carbonyl (C=O) groups is 1. The van der Waals surface area contributed by atoms with Crippen molar-refractivity contribution in [1.82, 2.24) is 19.3 Å². The number of hydrogen-bond donors (Lipinski definition) is 1. The number of nitrogens with two attached hydrogens (primary N) is 1. The maximum absolute atomic E-state index is 15.1. The first-order valence-electron chi connectivity index (χ1n) is 11.0. The molecular formula is C22H24FN7O4S. The number of aromatic nitrogens is 3. The van der Waals surface area contributed by atoms with E-state index in [1.54, 1.807) is 40.0 Å². The average molecular weight is 502 g/mol. The molecule has 1 aromatic heterocycles. The number of sulfonamides is 1. The zero-order valence-corrected chi connectivity index (χ0v) is 19.5. The smallest absolute Gasteiger partial charge is 0.414 e. The van der Waals surface area contributed by atoms with Gasteiger partial charge < -0.3 is 15.4 Å². The Morgan fingerprint density at radius 2 is 1.91 bits per heavy atom. The van der Waals surface area contributed by atoms with Crippen molar-refractivity contribution >= 4 is 33.2 Å². The van der Waals surface area contributed by atoms with E-state index in [1.807, 2.05) is 0 Å². The van der Waals surface area contributed by atoms with E-state index in [0.29, 0.717) is 36.7 Å². The summed E-state index contributed by atoms with van der Waals surface area (Å²) in [7, 11) is -3.68. The van der Waals surface area contributed by atoms with E-state index in [9.17, 15) is 13.2 Å². The highest BCUT2D eigenvalue weighted by Crippen LogP contribution is 2.29. The molecule has 0 spiro atoms. The monoisotopic (exact) mass is 501 g/mol. The second-order valence-corrected chi connectivity index (χ2v) is 10.3. The number of nitrogens with zero attached hydrogens (tertiary/aromatic N) is 6. The largest absolute Gasteiger partial charge is 0.442 e. The van der Waals surface area contributed by atoms with Crippen molar-refractivity contribution in [3.8, 4) is 0 Å². The van der Waals surface area contributed by atoms with E-state index in [4.69, 9.17) is 10.5 Å². The Kier molecular flexibility index (Phi) is 6.03. The molecule has 184 valence electrons. The van der Waals surface area contributed by atoms with Gasteiger partial charge in [-0.15, -0.1) is 5.10 Å². The number of nitrogen functional groups attached to an aromatic ring is 1. The molecular weight excluding hydrogens is 477 g/mol. The van der Waals surface area contributed by atoms with E-state index in [0.717, 1.165) is 0 Å². The molecule has 3 aromatic rings. The lowest BCUT2D eigenvalue weighted by Crippen LogP contribution is -2.48. The van der Waals surface area contributed by atoms with Crippen LogP contribution in [0.25, 0.3) is 0 Å². The molecule has 0 aliphatic carbocycles. The number of piperazine rings is 1. The minimum atomic E-state index is -3.68. The molecule has 1 amide bonds. The molecule has 2 aliphatic rings. The Hall–Kier alpha value is -3.71. The van der Waals surface area contributed by atoms with Crippen LogP contribution in [0.15, 0.2) is 59.8 Å². The summed E-state index contributed by atoms with van der Waals surface area (Å²) in [5.41, 5.74) is 6.84. The van der Waals surface area contributed by atoms with Crippen molar-refractivity contribution in [3.63, 3.8) is 0 Å². The second-order valence-electron chi connectivity index (χ2n) is 8.34. The van der Waals surface area contributed by atoms with Crippen molar-refractivity contribution in [2.75, 3.05) is 48.3 Å². The van der Waals surface area contributed by atoms with E-state index < -0.39 is 28.0 Å². The summed E-state index contributed by atoms with van der Waals surface area (Å²) in [6.07, 6.45) is 2.23. The number of cyclic esters (lactones) is 1. The van der Waals surface area contributed by atoms with Gasteiger partial charge in [-0.25, -0.2) is 22.3 Å². The summed E-state index contributed by atoms with van der Waals surface area (Å²) in [4.78, 5) is 15.6. The van der Waals surface area contributed by atoms with Gasteiger partial charge in [0.2, 0.25) is 10.0 Å². The van der Waals surface area contributed by atoms with Crippen LogP contribution in [0.4, 0.5) is 26.2 Å². The second kappa shape index (κ2) is 9.15. The average Bonchev–Trinajstić information content (AvgIpc) is 3.48. The lowest BCUT2D eigenvalue weighted by atomic mass is 10.2. The van der Waals surface area contributed by atoms with E-state index in [1.165, 1.54) is 33.6 Å². The van der Waals surface area contributed by atoms with Crippen molar-refractivity contribution in [1.29, 1.82) is 0 Å². The lowest BCUT2D eigenvalue weighted by molar-refractivity contribution is 0.129. The number of hydrogen-bond acceptors (Lipinski definition) is 8. The van der Waals surface area contributed by atoms with Gasteiger partial charge in [0.05, 0.1) is 35.6 Å². The molecule has 11 nitrogen and oxygen atoms in total. The zero-order chi connectivity index (χ0) is 24.6.